The van der Waals surface area contributed by atoms with Crippen LogP contribution < -0.4 is 16.0 Å². The number of carbonyl (C=O) groups excluding carboxylic acids is 3. The van der Waals surface area contributed by atoms with E-state index < -0.39 is 5.91 Å². The molecule has 5 rings (SSSR count). The van der Waals surface area contributed by atoms with Gasteiger partial charge in [0.25, 0.3) is 11.8 Å². The summed E-state index contributed by atoms with van der Waals surface area (Å²) in [4.78, 5) is 40.3. The Balaban J connectivity index is 1.55. The van der Waals surface area contributed by atoms with Crippen molar-refractivity contribution in [3.8, 4) is 0 Å². The highest BCUT2D eigenvalue weighted by Gasteiger charge is 2.26. The van der Waals surface area contributed by atoms with E-state index in [-0.39, 0.29) is 18.2 Å². The molecule has 1 aliphatic heterocycles. The quantitative estimate of drug-likeness (QED) is 0.429. The van der Waals surface area contributed by atoms with E-state index in [1.165, 1.54) is 17.7 Å². The third kappa shape index (κ3) is 3.47. The van der Waals surface area contributed by atoms with Crippen LogP contribution in [-0.4, -0.2) is 42.7 Å². The summed E-state index contributed by atoms with van der Waals surface area (Å²) in [6.45, 7) is 0. The number of carbonyl (C=O) groups is 3. The van der Waals surface area contributed by atoms with Crippen molar-refractivity contribution in [3.63, 3.8) is 0 Å². The van der Waals surface area contributed by atoms with Gasteiger partial charge in [0.2, 0.25) is 5.91 Å². The van der Waals surface area contributed by atoms with Crippen LogP contribution in [-0.2, 0) is 9.59 Å². The van der Waals surface area contributed by atoms with Crippen molar-refractivity contribution in [3.05, 3.63) is 40.5 Å². The summed E-state index contributed by atoms with van der Waals surface area (Å²) in [6.07, 6.45) is 6.82. The second kappa shape index (κ2) is 6.78. The Morgan fingerprint density at radius 2 is 2.17 bits per heavy atom. The molecule has 1 aliphatic carbocycles. The number of fused-ring (bicyclic) bond motifs is 1. The number of nitrogens with zero attached hydrogens (tertiary/aromatic N) is 4. The van der Waals surface area contributed by atoms with Crippen LogP contribution in [0.3, 0.4) is 0 Å². The first-order valence-corrected chi connectivity index (χ1v) is 9.81. The molecular weight excluding hydrogens is 394 g/mol. The average molecular weight is 409 g/mol. The number of nitrogens with one attached hydrogen (secondary N) is 3. The molecule has 3 amide bonds. The summed E-state index contributed by atoms with van der Waals surface area (Å²) in [5, 5.41) is 14.4. The highest BCUT2D eigenvalue weighted by atomic mass is 32.1. The Morgan fingerprint density at radius 3 is 2.86 bits per heavy atom. The summed E-state index contributed by atoms with van der Waals surface area (Å²) in [5.74, 6) is -0.0239. The van der Waals surface area contributed by atoms with E-state index in [1.807, 2.05) is 0 Å². The van der Waals surface area contributed by atoms with Crippen molar-refractivity contribution < 1.29 is 14.4 Å². The molecule has 0 atom stereocenters. The van der Waals surface area contributed by atoms with E-state index in [2.05, 4.69) is 30.4 Å². The molecule has 0 spiro atoms. The first-order chi connectivity index (χ1) is 14.1. The minimum Gasteiger partial charge on any atom is -0.367 e. The molecule has 11 heteroatoms. The third-order valence-electron chi connectivity index (χ3n) is 4.59. The van der Waals surface area contributed by atoms with Crippen LogP contribution in [0.1, 0.15) is 35.2 Å². The Labute approximate surface area is 168 Å². The lowest BCUT2D eigenvalue weighted by atomic mass is 10.1. The van der Waals surface area contributed by atoms with Crippen LogP contribution in [0.4, 0.5) is 11.6 Å². The largest absolute Gasteiger partial charge is 0.367 e. The molecular formula is C18H15N7O3S. The highest BCUT2D eigenvalue weighted by molar-refractivity contribution is 7.03. The third-order valence-corrected chi connectivity index (χ3v) is 5.18. The van der Waals surface area contributed by atoms with Gasteiger partial charge in [0, 0.05) is 28.6 Å². The van der Waals surface area contributed by atoms with Gasteiger partial charge in [-0.05, 0) is 30.5 Å². The Kier molecular flexibility index (Phi) is 4.09. The molecule has 0 bridgehead atoms. The number of rotatable bonds is 5. The van der Waals surface area contributed by atoms with Gasteiger partial charge in [-0.2, -0.15) is 9.61 Å². The van der Waals surface area contributed by atoms with Gasteiger partial charge in [-0.15, -0.1) is 0 Å². The Bertz CT molecular complexity index is 1180. The Morgan fingerprint density at radius 1 is 1.31 bits per heavy atom. The first-order valence-electron chi connectivity index (χ1n) is 8.97. The fraction of sp³-hybridized carbons (Fsp3) is 0.222. The normalized spacial score (nSPS) is 17.7. The van der Waals surface area contributed by atoms with Crippen LogP contribution in [0.15, 0.2) is 29.4 Å². The van der Waals surface area contributed by atoms with E-state index in [4.69, 9.17) is 0 Å². The van der Waals surface area contributed by atoms with Crippen LogP contribution in [0, 0.1) is 0 Å². The van der Waals surface area contributed by atoms with E-state index >= 15 is 0 Å². The summed E-state index contributed by atoms with van der Waals surface area (Å²) < 4.78 is 5.56. The molecule has 4 heterocycles. The second-order valence-electron chi connectivity index (χ2n) is 6.87. The zero-order valence-corrected chi connectivity index (χ0v) is 15.8. The van der Waals surface area contributed by atoms with Crippen molar-refractivity contribution in [2.75, 3.05) is 10.6 Å². The minimum atomic E-state index is -0.417. The van der Waals surface area contributed by atoms with Gasteiger partial charge in [0.15, 0.2) is 5.65 Å². The molecule has 2 aliphatic rings. The number of imide groups is 1. The highest BCUT2D eigenvalue weighted by Crippen LogP contribution is 2.28. The fourth-order valence-corrected chi connectivity index (χ4v) is 3.52. The van der Waals surface area contributed by atoms with E-state index in [9.17, 15) is 14.4 Å². The second-order valence-corrected chi connectivity index (χ2v) is 7.53. The van der Waals surface area contributed by atoms with Crippen molar-refractivity contribution in [2.45, 2.75) is 25.3 Å². The molecule has 146 valence electrons. The number of anilines is 2. The molecule has 0 unspecified atom stereocenters. The van der Waals surface area contributed by atoms with Gasteiger partial charge in [0.05, 0.1) is 24.4 Å². The number of hydrogen-bond acceptors (Lipinski definition) is 8. The molecule has 1 saturated carbocycles. The topological polar surface area (TPSA) is 130 Å². The molecule has 10 nitrogen and oxygen atoms in total. The lowest BCUT2D eigenvalue weighted by Gasteiger charge is -2.10. The van der Waals surface area contributed by atoms with Gasteiger partial charge < -0.3 is 10.6 Å². The van der Waals surface area contributed by atoms with Crippen LogP contribution in [0.2, 0.25) is 0 Å². The summed E-state index contributed by atoms with van der Waals surface area (Å²) in [6, 6.07) is 2.08. The van der Waals surface area contributed by atoms with Gasteiger partial charge >= 0.3 is 0 Å². The molecule has 3 aromatic heterocycles. The fourth-order valence-electron chi connectivity index (χ4n) is 3.00. The molecule has 1 saturated heterocycles. The molecule has 0 radical (unpaired) electrons. The molecule has 29 heavy (non-hydrogen) atoms. The average Bonchev–Trinajstić information content (AvgIpc) is 3.07. The van der Waals surface area contributed by atoms with E-state index in [1.54, 1.807) is 28.2 Å². The zero-order chi connectivity index (χ0) is 20.0. The standard InChI is InChI=1S/C18H15N7O3S/c26-15-4-9(17(27)24-15)3-10-6-19-25-14(21-12-1-2-12)5-13(22-16(10)25)23-18(28)11-7-20-29-8-11/h3,5-8,12,21H,1-2,4H2,(H,22,23,28)(H,24,26,27)/b9-3+. The maximum atomic E-state index is 12.4. The number of hydrogen-bond donors (Lipinski definition) is 3. The van der Waals surface area contributed by atoms with Crippen molar-refractivity contribution >= 4 is 52.6 Å². The van der Waals surface area contributed by atoms with Crippen molar-refractivity contribution in [1.29, 1.82) is 0 Å². The van der Waals surface area contributed by atoms with Gasteiger partial charge in [-0.1, -0.05) is 0 Å². The number of amides is 3. The smallest absolute Gasteiger partial charge is 0.259 e. The zero-order valence-electron chi connectivity index (χ0n) is 15.0. The summed E-state index contributed by atoms with van der Waals surface area (Å²) in [7, 11) is 0. The summed E-state index contributed by atoms with van der Waals surface area (Å²) >= 11 is 1.19. The minimum absolute atomic E-state index is 0.0188. The van der Waals surface area contributed by atoms with E-state index in [0.717, 1.165) is 12.8 Å². The maximum Gasteiger partial charge on any atom is 0.259 e. The lowest BCUT2D eigenvalue weighted by molar-refractivity contribution is -0.124. The van der Waals surface area contributed by atoms with Crippen LogP contribution in [0.25, 0.3) is 11.7 Å². The van der Waals surface area contributed by atoms with Crippen molar-refractivity contribution in [1.82, 2.24) is 24.3 Å². The van der Waals surface area contributed by atoms with Gasteiger partial charge in [-0.25, -0.2) is 9.36 Å². The van der Waals surface area contributed by atoms with Gasteiger partial charge in [-0.3, -0.25) is 19.7 Å². The summed E-state index contributed by atoms with van der Waals surface area (Å²) in [5.41, 5.74) is 1.85. The SMILES string of the molecule is O=C1C/C(=C\c2cnn3c(NC4CC4)cc(NC(=O)c4cnsc4)nc23)C(=O)N1. The first kappa shape index (κ1) is 17.5. The predicted molar refractivity (Wildman–Crippen MR) is 105 cm³/mol. The molecule has 3 aromatic rings. The van der Waals surface area contributed by atoms with Crippen molar-refractivity contribution in [2.24, 2.45) is 0 Å². The number of aromatic nitrogens is 4. The van der Waals surface area contributed by atoms with Crippen LogP contribution in [0.5, 0.6) is 0 Å². The Hall–Kier alpha value is -3.60. The predicted octanol–water partition coefficient (Wildman–Crippen LogP) is 1.44. The maximum absolute atomic E-state index is 12.4. The lowest BCUT2D eigenvalue weighted by Crippen LogP contribution is -2.19. The molecule has 3 N–H and O–H groups in total. The molecule has 2 fully saturated rings. The molecule has 0 aromatic carbocycles. The van der Waals surface area contributed by atoms with Crippen LogP contribution >= 0.6 is 11.5 Å². The van der Waals surface area contributed by atoms with Gasteiger partial charge in [0.1, 0.15) is 11.6 Å². The van der Waals surface area contributed by atoms with E-state index in [0.29, 0.717) is 40.0 Å². The monoisotopic (exact) mass is 409 g/mol.